The molecular weight excluding hydrogens is 300 g/mol. The summed E-state index contributed by atoms with van der Waals surface area (Å²) in [7, 11) is -3.52. The summed E-state index contributed by atoms with van der Waals surface area (Å²) >= 11 is 0. The zero-order chi connectivity index (χ0) is 16.2. The van der Waals surface area contributed by atoms with Gasteiger partial charge in [0.2, 0.25) is 0 Å². The standard InChI is InChI=1S/C17H24O4S/c1-3-17(12-8-5-9-13-17)22(19,20)15-11-7-6-10-14(15)16(18)21-4-2/h5,8-10,12,15H,3-4,6-7,11,13H2,1-2H3. The number of carbonyl (C=O) groups excluding carboxylic acids is 1. The van der Waals surface area contributed by atoms with Crippen molar-refractivity contribution >= 4 is 15.8 Å². The summed E-state index contributed by atoms with van der Waals surface area (Å²) in [6.07, 6.45) is 12.0. The summed E-state index contributed by atoms with van der Waals surface area (Å²) in [6.45, 7) is 3.87. The Morgan fingerprint density at radius 1 is 1.36 bits per heavy atom. The van der Waals surface area contributed by atoms with Crippen molar-refractivity contribution < 1.29 is 17.9 Å². The van der Waals surface area contributed by atoms with E-state index in [9.17, 15) is 13.2 Å². The molecule has 0 aromatic carbocycles. The summed E-state index contributed by atoms with van der Waals surface area (Å²) in [5.41, 5.74) is 0.323. The molecule has 0 spiro atoms. The van der Waals surface area contributed by atoms with Crippen molar-refractivity contribution in [1.29, 1.82) is 0 Å². The highest BCUT2D eigenvalue weighted by Gasteiger charge is 2.47. The maximum Gasteiger partial charge on any atom is 0.335 e. The van der Waals surface area contributed by atoms with Crippen molar-refractivity contribution in [2.45, 2.75) is 55.9 Å². The van der Waals surface area contributed by atoms with E-state index in [0.717, 1.165) is 12.8 Å². The monoisotopic (exact) mass is 324 g/mol. The highest BCUT2D eigenvalue weighted by Crippen LogP contribution is 2.39. The van der Waals surface area contributed by atoms with Gasteiger partial charge in [0.1, 0.15) is 0 Å². The molecule has 2 atom stereocenters. The minimum absolute atomic E-state index is 0.254. The number of ether oxygens (including phenoxy) is 1. The molecule has 0 fully saturated rings. The Morgan fingerprint density at radius 3 is 2.73 bits per heavy atom. The Bertz CT molecular complexity index is 613. The summed E-state index contributed by atoms with van der Waals surface area (Å²) in [6, 6.07) is 0. The average Bonchev–Trinajstić information content (AvgIpc) is 2.55. The van der Waals surface area contributed by atoms with Gasteiger partial charge < -0.3 is 4.74 Å². The van der Waals surface area contributed by atoms with Gasteiger partial charge in [-0.2, -0.15) is 0 Å². The van der Waals surface area contributed by atoms with Gasteiger partial charge in [0.05, 0.1) is 22.2 Å². The van der Waals surface area contributed by atoms with Gasteiger partial charge in [0.25, 0.3) is 0 Å². The molecule has 0 aromatic rings. The van der Waals surface area contributed by atoms with E-state index >= 15 is 0 Å². The van der Waals surface area contributed by atoms with Crippen LogP contribution in [0.4, 0.5) is 0 Å². The lowest BCUT2D eigenvalue weighted by Crippen LogP contribution is -2.45. The maximum absolute atomic E-state index is 13.3. The third-order valence-electron chi connectivity index (χ3n) is 4.54. The normalized spacial score (nSPS) is 28.3. The molecule has 0 bridgehead atoms. The van der Waals surface area contributed by atoms with Crippen LogP contribution in [-0.2, 0) is 19.4 Å². The summed E-state index contributed by atoms with van der Waals surface area (Å²) < 4.78 is 30.7. The van der Waals surface area contributed by atoms with E-state index in [1.54, 1.807) is 25.2 Å². The maximum atomic E-state index is 13.3. The van der Waals surface area contributed by atoms with Crippen LogP contribution in [-0.4, -0.2) is 31.0 Å². The third-order valence-corrected chi connectivity index (χ3v) is 7.51. The molecule has 2 rings (SSSR count). The molecule has 4 nitrogen and oxygen atoms in total. The molecule has 2 aliphatic rings. The first-order valence-electron chi connectivity index (χ1n) is 7.93. The predicted molar refractivity (Wildman–Crippen MR) is 87.2 cm³/mol. The molecule has 0 heterocycles. The molecule has 0 aromatic heterocycles. The van der Waals surface area contributed by atoms with Crippen molar-refractivity contribution in [3.8, 4) is 0 Å². The van der Waals surface area contributed by atoms with E-state index in [1.165, 1.54) is 0 Å². The number of hydrogen-bond acceptors (Lipinski definition) is 4. The second kappa shape index (κ2) is 6.82. The quantitative estimate of drug-likeness (QED) is 0.729. The Balaban J connectivity index is 2.40. The fourth-order valence-corrected chi connectivity index (χ4v) is 5.77. The lowest BCUT2D eigenvalue weighted by molar-refractivity contribution is -0.138. The molecule has 0 N–H and O–H groups in total. The molecule has 0 radical (unpaired) electrons. The second-order valence-electron chi connectivity index (χ2n) is 5.75. The van der Waals surface area contributed by atoms with Crippen LogP contribution >= 0.6 is 0 Å². The Morgan fingerprint density at radius 2 is 2.14 bits per heavy atom. The summed E-state index contributed by atoms with van der Waals surface area (Å²) in [5, 5.41) is -0.753. The summed E-state index contributed by atoms with van der Waals surface area (Å²) in [5.74, 6) is -0.489. The van der Waals surface area contributed by atoms with Gasteiger partial charge in [0.15, 0.2) is 9.84 Å². The fourth-order valence-electron chi connectivity index (χ4n) is 3.20. The van der Waals surface area contributed by atoms with Crippen LogP contribution in [0.15, 0.2) is 36.0 Å². The SMILES string of the molecule is CCOC(=O)C1=CCCCC1S(=O)(=O)C1(CC)C=CC=CC1. The van der Waals surface area contributed by atoms with E-state index in [2.05, 4.69) is 0 Å². The van der Waals surface area contributed by atoms with Crippen molar-refractivity contribution in [3.05, 3.63) is 36.0 Å². The van der Waals surface area contributed by atoms with Crippen LogP contribution in [0.25, 0.3) is 0 Å². The predicted octanol–water partition coefficient (Wildman–Crippen LogP) is 3.11. The first-order chi connectivity index (χ1) is 10.5. The summed E-state index contributed by atoms with van der Waals surface area (Å²) in [4.78, 5) is 12.1. The number of carbonyl (C=O) groups is 1. The smallest absolute Gasteiger partial charge is 0.335 e. The molecule has 2 unspecified atom stereocenters. The van der Waals surface area contributed by atoms with Crippen molar-refractivity contribution in [3.63, 3.8) is 0 Å². The van der Waals surface area contributed by atoms with Crippen LogP contribution in [0.1, 0.15) is 46.0 Å². The number of esters is 1. The van der Waals surface area contributed by atoms with Crippen molar-refractivity contribution in [2.24, 2.45) is 0 Å². The molecule has 2 aliphatic carbocycles. The first kappa shape index (κ1) is 17.0. The van der Waals surface area contributed by atoms with Gasteiger partial charge in [-0.05, 0) is 39.0 Å². The highest BCUT2D eigenvalue weighted by atomic mass is 32.2. The zero-order valence-electron chi connectivity index (χ0n) is 13.2. The van der Waals surface area contributed by atoms with Gasteiger partial charge in [0, 0.05) is 0 Å². The zero-order valence-corrected chi connectivity index (χ0v) is 14.1. The Labute approximate surface area is 132 Å². The number of sulfone groups is 1. The van der Waals surface area contributed by atoms with E-state index < -0.39 is 25.8 Å². The van der Waals surface area contributed by atoms with Crippen LogP contribution in [0.5, 0.6) is 0 Å². The largest absolute Gasteiger partial charge is 0.463 e. The van der Waals surface area contributed by atoms with Gasteiger partial charge in [-0.3, -0.25) is 0 Å². The first-order valence-corrected chi connectivity index (χ1v) is 9.48. The van der Waals surface area contributed by atoms with Crippen LogP contribution in [0.2, 0.25) is 0 Å². The Hall–Kier alpha value is -1.36. The van der Waals surface area contributed by atoms with Crippen LogP contribution in [0, 0.1) is 0 Å². The minimum Gasteiger partial charge on any atom is -0.463 e. The molecule has 22 heavy (non-hydrogen) atoms. The number of rotatable bonds is 5. The van der Waals surface area contributed by atoms with Gasteiger partial charge in [-0.15, -0.1) is 0 Å². The van der Waals surface area contributed by atoms with E-state index in [-0.39, 0.29) is 6.61 Å². The van der Waals surface area contributed by atoms with E-state index in [0.29, 0.717) is 24.8 Å². The third kappa shape index (κ3) is 2.91. The molecule has 0 amide bonds. The molecule has 0 saturated carbocycles. The molecule has 5 heteroatoms. The van der Waals surface area contributed by atoms with Crippen LogP contribution < -0.4 is 0 Å². The van der Waals surface area contributed by atoms with Crippen LogP contribution in [0.3, 0.4) is 0 Å². The topological polar surface area (TPSA) is 60.4 Å². The van der Waals surface area contributed by atoms with Gasteiger partial charge in [-0.25, -0.2) is 13.2 Å². The van der Waals surface area contributed by atoms with E-state index in [1.807, 2.05) is 19.1 Å². The fraction of sp³-hybridized carbons (Fsp3) is 0.588. The van der Waals surface area contributed by atoms with Crippen molar-refractivity contribution in [1.82, 2.24) is 0 Å². The molecular formula is C17H24O4S. The lowest BCUT2D eigenvalue weighted by atomic mass is 9.97. The minimum atomic E-state index is -3.52. The number of allylic oxidation sites excluding steroid dienone is 4. The molecule has 0 aliphatic heterocycles. The highest BCUT2D eigenvalue weighted by molar-refractivity contribution is 7.93. The van der Waals surface area contributed by atoms with Gasteiger partial charge >= 0.3 is 5.97 Å². The van der Waals surface area contributed by atoms with Crippen molar-refractivity contribution in [2.75, 3.05) is 6.61 Å². The molecule has 0 saturated heterocycles. The average molecular weight is 324 g/mol. The molecule has 122 valence electrons. The Kier molecular flexibility index (Phi) is 5.27. The number of hydrogen-bond donors (Lipinski definition) is 0. The van der Waals surface area contributed by atoms with E-state index in [4.69, 9.17) is 4.74 Å². The van der Waals surface area contributed by atoms with Gasteiger partial charge in [-0.1, -0.05) is 37.3 Å². The lowest BCUT2D eigenvalue weighted by Gasteiger charge is -2.35. The second-order valence-corrected chi connectivity index (χ2v) is 8.23.